The number of benzene rings is 2. The lowest BCUT2D eigenvalue weighted by Crippen LogP contribution is -2.08. The molecule has 0 radical (unpaired) electrons. The fourth-order valence-corrected chi connectivity index (χ4v) is 1.86. The van der Waals surface area contributed by atoms with Gasteiger partial charge in [-0.05, 0) is 36.8 Å². The van der Waals surface area contributed by atoms with E-state index in [0.29, 0.717) is 11.8 Å². The van der Waals surface area contributed by atoms with E-state index in [1.165, 1.54) is 37.3 Å². The van der Waals surface area contributed by atoms with Crippen molar-refractivity contribution < 1.29 is 27.4 Å². The first-order valence-corrected chi connectivity index (χ1v) is 7.48. The summed E-state index contributed by atoms with van der Waals surface area (Å²) >= 11 is 0. The molecule has 0 N–H and O–H groups in total. The van der Waals surface area contributed by atoms with Crippen LogP contribution in [0.4, 0.5) is 13.2 Å². The molecule has 0 spiro atoms. The van der Waals surface area contributed by atoms with Crippen molar-refractivity contribution in [1.82, 2.24) is 0 Å². The van der Waals surface area contributed by atoms with Crippen LogP contribution >= 0.6 is 0 Å². The summed E-state index contributed by atoms with van der Waals surface area (Å²) < 4.78 is 47.6. The molecule has 0 aromatic heterocycles. The van der Waals surface area contributed by atoms with Crippen LogP contribution in [0.25, 0.3) is 12.2 Å². The minimum atomic E-state index is -1.93. The largest absolute Gasteiger partial charge is 0.459 e. The van der Waals surface area contributed by atoms with Gasteiger partial charge < -0.3 is 9.47 Å². The molecule has 2 aromatic rings. The topological polar surface area (TPSA) is 35.5 Å². The lowest BCUT2D eigenvalue weighted by molar-refractivity contribution is -0.130. The van der Waals surface area contributed by atoms with Crippen LogP contribution in [0, 0.1) is 5.82 Å². The van der Waals surface area contributed by atoms with E-state index in [1.807, 2.05) is 0 Å². The SMILES string of the molecule is C=C(C)C(=O)Oc1ccc(/C=C/c2ccc(OC=C(F)F)cc2)c(F)c1. The Morgan fingerprint density at radius 1 is 1.04 bits per heavy atom. The van der Waals surface area contributed by atoms with E-state index in [9.17, 15) is 18.0 Å². The second-order valence-corrected chi connectivity index (χ2v) is 5.28. The predicted molar refractivity (Wildman–Crippen MR) is 93.1 cm³/mol. The molecule has 2 rings (SSSR count). The van der Waals surface area contributed by atoms with Gasteiger partial charge in [-0.25, -0.2) is 9.18 Å². The van der Waals surface area contributed by atoms with Crippen molar-refractivity contribution in [2.45, 2.75) is 6.92 Å². The number of rotatable bonds is 6. The van der Waals surface area contributed by atoms with E-state index in [2.05, 4.69) is 6.58 Å². The highest BCUT2D eigenvalue weighted by atomic mass is 19.3. The molecule has 0 aliphatic carbocycles. The third kappa shape index (κ3) is 5.66. The monoisotopic (exact) mass is 360 g/mol. The maximum Gasteiger partial charge on any atom is 0.338 e. The average Bonchev–Trinajstić information content (AvgIpc) is 2.60. The molecule has 0 aliphatic rings. The summed E-state index contributed by atoms with van der Waals surface area (Å²) in [5.41, 5.74) is 1.23. The lowest BCUT2D eigenvalue weighted by Gasteiger charge is -2.05. The minimum Gasteiger partial charge on any atom is -0.459 e. The summed E-state index contributed by atoms with van der Waals surface area (Å²) in [7, 11) is 0. The maximum atomic E-state index is 14.1. The Balaban J connectivity index is 2.07. The first-order chi connectivity index (χ1) is 12.3. The molecule has 2 aromatic carbocycles. The van der Waals surface area contributed by atoms with Crippen LogP contribution in [-0.2, 0) is 4.79 Å². The number of esters is 1. The Morgan fingerprint density at radius 3 is 2.27 bits per heavy atom. The zero-order valence-corrected chi connectivity index (χ0v) is 13.8. The van der Waals surface area contributed by atoms with Crippen molar-refractivity contribution in [3.05, 3.63) is 83.9 Å². The quantitative estimate of drug-likeness (QED) is 0.221. The van der Waals surface area contributed by atoms with Crippen LogP contribution in [0.15, 0.2) is 67.0 Å². The van der Waals surface area contributed by atoms with Crippen LogP contribution < -0.4 is 9.47 Å². The average molecular weight is 360 g/mol. The van der Waals surface area contributed by atoms with Crippen molar-refractivity contribution in [1.29, 1.82) is 0 Å². The highest BCUT2D eigenvalue weighted by molar-refractivity contribution is 5.88. The van der Waals surface area contributed by atoms with E-state index >= 15 is 0 Å². The second kappa shape index (κ2) is 8.71. The molecule has 0 saturated heterocycles. The molecule has 134 valence electrons. The predicted octanol–water partition coefficient (Wildman–Crippen LogP) is 5.59. The first kappa shape index (κ1) is 19.1. The van der Waals surface area contributed by atoms with E-state index in [0.717, 1.165) is 11.6 Å². The van der Waals surface area contributed by atoms with E-state index in [4.69, 9.17) is 9.47 Å². The smallest absolute Gasteiger partial charge is 0.338 e. The van der Waals surface area contributed by atoms with E-state index in [1.54, 1.807) is 18.2 Å². The van der Waals surface area contributed by atoms with Gasteiger partial charge in [0.05, 0.1) is 0 Å². The molecule has 26 heavy (non-hydrogen) atoms. The number of hydrogen-bond acceptors (Lipinski definition) is 3. The van der Waals surface area contributed by atoms with Crippen molar-refractivity contribution in [3.63, 3.8) is 0 Å². The number of ether oxygens (including phenoxy) is 2. The fraction of sp³-hybridized carbons (Fsp3) is 0.0500. The summed E-state index contributed by atoms with van der Waals surface area (Å²) in [6.45, 7) is 4.95. The zero-order chi connectivity index (χ0) is 19.1. The van der Waals surface area contributed by atoms with Crippen molar-refractivity contribution in [3.8, 4) is 11.5 Å². The maximum absolute atomic E-state index is 14.1. The van der Waals surface area contributed by atoms with Gasteiger partial charge >= 0.3 is 12.0 Å². The molecule has 0 bridgehead atoms. The van der Waals surface area contributed by atoms with E-state index < -0.39 is 17.9 Å². The fourth-order valence-electron chi connectivity index (χ4n) is 1.86. The Hall–Kier alpha value is -3.28. The number of carbonyl (C=O) groups is 1. The molecule has 0 amide bonds. The summed E-state index contributed by atoms with van der Waals surface area (Å²) in [4.78, 5) is 11.4. The molecule has 0 saturated carbocycles. The van der Waals surface area contributed by atoms with Gasteiger partial charge in [-0.2, -0.15) is 8.78 Å². The normalized spacial score (nSPS) is 10.5. The molecular weight excluding hydrogens is 345 g/mol. The number of halogens is 3. The van der Waals surface area contributed by atoms with Gasteiger partial charge in [0, 0.05) is 17.2 Å². The second-order valence-electron chi connectivity index (χ2n) is 5.28. The molecular formula is C20H15F3O3. The van der Waals surface area contributed by atoms with Gasteiger partial charge in [0.2, 0.25) is 0 Å². The van der Waals surface area contributed by atoms with Gasteiger partial charge in [-0.3, -0.25) is 0 Å². The molecule has 0 aliphatic heterocycles. The van der Waals surface area contributed by atoms with Gasteiger partial charge in [-0.15, -0.1) is 0 Å². The van der Waals surface area contributed by atoms with Crippen molar-refractivity contribution in [2.24, 2.45) is 0 Å². The van der Waals surface area contributed by atoms with Crippen LogP contribution in [0.5, 0.6) is 11.5 Å². The summed E-state index contributed by atoms with van der Waals surface area (Å²) in [6, 6.07) is 10.3. The Kier molecular flexibility index (Phi) is 6.38. The molecule has 6 heteroatoms. The van der Waals surface area contributed by atoms with Gasteiger partial charge in [0.1, 0.15) is 17.3 Å². The standard InChI is InChI=1S/C20H15F3O3/c1-13(2)20(24)26-17-10-7-15(18(21)11-17)6-3-14-4-8-16(9-5-14)25-12-19(22)23/h3-12H,1H2,2H3/b6-3+. The molecule has 3 nitrogen and oxygen atoms in total. The van der Waals surface area contributed by atoms with Gasteiger partial charge in [-0.1, -0.05) is 30.9 Å². The Labute approximate surface area is 148 Å². The Bertz CT molecular complexity index is 864. The lowest BCUT2D eigenvalue weighted by atomic mass is 10.1. The van der Waals surface area contributed by atoms with Crippen molar-refractivity contribution >= 4 is 18.1 Å². The van der Waals surface area contributed by atoms with Crippen molar-refractivity contribution in [2.75, 3.05) is 0 Å². The molecule has 0 fully saturated rings. The molecule has 0 heterocycles. The van der Waals surface area contributed by atoms with Gasteiger partial charge in [0.25, 0.3) is 0 Å². The van der Waals surface area contributed by atoms with Gasteiger partial charge in [0.15, 0.2) is 6.26 Å². The highest BCUT2D eigenvalue weighted by Gasteiger charge is 2.07. The first-order valence-electron chi connectivity index (χ1n) is 7.48. The summed E-state index contributed by atoms with van der Waals surface area (Å²) in [5.74, 6) is -0.846. The third-order valence-corrected chi connectivity index (χ3v) is 3.15. The number of hydrogen-bond donors (Lipinski definition) is 0. The Morgan fingerprint density at radius 2 is 1.69 bits per heavy atom. The van der Waals surface area contributed by atoms with Crippen LogP contribution in [0.2, 0.25) is 0 Å². The zero-order valence-electron chi connectivity index (χ0n) is 13.8. The van der Waals surface area contributed by atoms with Crippen LogP contribution in [0.1, 0.15) is 18.1 Å². The number of carbonyl (C=O) groups excluding carboxylic acids is 1. The molecule has 0 unspecified atom stereocenters. The molecule has 0 atom stereocenters. The summed E-state index contributed by atoms with van der Waals surface area (Å²) in [5, 5.41) is 0. The van der Waals surface area contributed by atoms with Crippen LogP contribution in [0.3, 0.4) is 0 Å². The minimum absolute atomic E-state index is 0.0855. The summed E-state index contributed by atoms with van der Waals surface area (Å²) in [6.07, 6.45) is 1.61. The third-order valence-electron chi connectivity index (χ3n) is 3.15. The highest BCUT2D eigenvalue weighted by Crippen LogP contribution is 2.20. The van der Waals surface area contributed by atoms with E-state index in [-0.39, 0.29) is 17.1 Å². The van der Waals surface area contributed by atoms with Crippen LogP contribution in [-0.4, -0.2) is 5.97 Å².